The summed E-state index contributed by atoms with van der Waals surface area (Å²) in [6, 6.07) is 0.443. The minimum Gasteiger partial charge on any atom is -0.350 e. The lowest BCUT2D eigenvalue weighted by Gasteiger charge is -2.16. The molecule has 0 atom stereocenters. The summed E-state index contributed by atoms with van der Waals surface area (Å²) in [6.07, 6.45) is 7.75. The monoisotopic (exact) mass is 194 g/mol. The number of hydrogen-bond donors (Lipinski definition) is 2. The van der Waals surface area contributed by atoms with Crippen molar-refractivity contribution in [1.82, 2.24) is 10.6 Å². The molecule has 0 bridgehead atoms. The van der Waals surface area contributed by atoms with E-state index in [9.17, 15) is 4.79 Å². The minimum absolute atomic E-state index is 0.165. The molecule has 1 amide bonds. The fourth-order valence-electron chi connectivity index (χ4n) is 2.18. The summed E-state index contributed by atoms with van der Waals surface area (Å²) in [6.45, 7) is 1.78. The molecule has 2 rings (SSSR count). The van der Waals surface area contributed by atoms with Crippen molar-refractivity contribution in [3.05, 3.63) is 11.6 Å². The van der Waals surface area contributed by atoms with Crippen LogP contribution in [0.3, 0.4) is 0 Å². The Morgan fingerprint density at radius 1 is 1.43 bits per heavy atom. The Balaban J connectivity index is 1.84. The molecule has 2 aliphatic rings. The molecule has 0 saturated heterocycles. The summed E-state index contributed by atoms with van der Waals surface area (Å²) in [7, 11) is 0. The maximum Gasteiger partial charge on any atom is 0.247 e. The van der Waals surface area contributed by atoms with Gasteiger partial charge < -0.3 is 10.6 Å². The van der Waals surface area contributed by atoms with Crippen molar-refractivity contribution in [3.8, 4) is 0 Å². The van der Waals surface area contributed by atoms with Crippen molar-refractivity contribution in [2.24, 2.45) is 0 Å². The highest BCUT2D eigenvalue weighted by molar-refractivity contribution is 5.93. The van der Waals surface area contributed by atoms with Crippen LogP contribution >= 0.6 is 0 Å². The first-order valence-electron chi connectivity index (χ1n) is 5.57. The van der Waals surface area contributed by atoms with Crippen molar-refractivity contribution in [3.63, 3.8) is 0 Å². The molecular weight excluding hydrogens is 176 g/mol. The number of rotatable bonds is 2. The van der Waals surface area contributed by atoms with Crippen LogP contribution in [0.1, 0.15) is 32.1 Å². The summed E-state index contributed by atoms with van der Waals surface area (Å²) >= 11 is 0. The van der Waals surface area contributed by atoms with Crippen LogP contribution in [0.4, 0.5) is 0 Å². The molecule has 2 N–H and O–H groups in total. The standard InChI is InChI=1S/C11H18N2O/c14-11(9-5-7-12-8-6-9)13-10-3-1-2-4-10/h5,10,12H,1-4,6-8H2,(H,13,14). The number of carbonyl (C=O) groups excluding carboxylic acids is 1. The zero-order chi connectivity index (χ0) is 9.80. The maximum atomic E-state index is 11.7. The Morgan fingerprint density at radius 2 is 2.21 bits per heavy atom. The predicted octanol–water partition coefficient (Wildman–Crippen LogP) is 0.965. The Hall–Kier alpha value is -0.830. The van der Waals surface area contributed by atoms with Crippen molar-refractivity contribution >= 4 is 5.91 Å². The smallest absolute Gasteiger partial charge is 0.247 e. The van der Waals surface area contributed by atoms with E-state index in [1.165, 1.54) is 12.8 Å². The van der Waals surface area contributed by atoms with E-state index in [1.807, 2.05) is 6.08 Å². The van der Waals surface area contributed by atoms with E-state index in [0.29, 0.717) is 6.04 Å². The molecule has 0 aromatic heterocycles. The highest BCUT2D eigenvalue weighted by Crippen LogP contribution is 2.18. The summed E-state index contributed by atoms with van der Waals surface area (Å²) in [4.78, 5) is 11.7. The van der Waals surface area contributed by atoms with Crippen LogP contribution in [0.5, 0.6) is 0 Å². The first kappa shape index (κ1) is 9.71. The Kier molecular flexibility index (Phi) is 3.19. The van der Waals surface area contributed by atoms with Crippen LogP contribution < -0.4 is 10.6 Å². The number of amides is 1. The van der Waals surface area contributed by atoms with Crippen molar-refractivity contribution < 1.29 is 4.79 Å². The van der Waals surface area contributed by atoms with Gasteiger partial charge in [0.25, 0.3) is 0 Å². The Bertz CT molecular complexity index is 242. The van der Waals surface area contributed by atoms with Gasteiger partial charge in [-0.15, -0.1) is 0 Å². The third kappa shape index (κ3) is 2.35. The quantitative estimate of drug-likeness (QED) is 0.687. The first-order chi connectivity index (χ1) is 6.86. The van der Waals surface area contributed by atoms with Crippen LogP contribution in [0, 0.1) is 0 Å². The fraction of sp³-hybridized carbons (Fsp3) is 0.727. The molecule has 3 heteroatoms. The van der Waals surface area contributed by atoms with E-state index in [-0.39, 0.29) is 5.91 Å². The topological polar surface area (TPSA) is 41.1 Å². The molecule has 0 radical (unpaired) electrons. The van der Waals surface area contributed by atoms with Crippen molar-refractivity contribution in [2.45, 2.75) is 38.1 Å². The molecule has 1 aliphatic heterocycles. The summed E-state index contributed by atoms with van der Waals surface area (Å²) in [5.41, 5.74) is 0.968. The van der Waals surface area contributed by atoms with Crippen molar-refractivity contribution in [2.75, 3.05) is 13.1 Å². The lowest BCUT2D eigenvalue weighted by atomic mass is 10.1. The molecule has 3 nitrogen and oxygen atoms in total. The largest absolute Gasteiger partial charge is 0.350 e. The molecule has 14 heavy (non-hydrogen) atoms. The molecule has 0 aromatic carbocycles. The average molecular weight is 194 g/mol. The highest BCUT2D eigenvalue weighted by Gasteiger charge is 2.19. The molecule has 0 aromatic rings. The van der Waals surface area contributed by atoms with Gasteiger partial charge in [0.2, 0.25) is 5.91 Å². The van der Waals surface area contributed by atoms with Gasteiger partial charge in [0.05, 0.1) is 0 Å². The van der Waals surface area contributed by atoms with Crippen LogP contribution in [-0.2, 0) is 4.79 Å². The van der Waals surface area contributed by atoms with Gasteiger partial charge in [-0.25, -0.2) is 0 Å². The molecule has 1 saturated carbocycles. The lowest BCUT2D eigenvalue weighted by molar-refractivity contribution is -0.118. The summed E-state index contributed by atoms with van der Waals surface area (Å²) < 4.78 is 0. The zero-order valence-electron chi connectivity index (χ0n) is 8.51. The van der Waals surface area contributed by atoms with Crippen LogP contribution in [0.15, 0.2) is 11.6 Å². The van der Waals surface area contributed by atoms with E-state index in [4.69, 9.17) is 0 Å². The molecule has 1 fully saturated rings. The number of hydrogen-bond acceptors (Lipinski definition) is 2. The second-order valence-electron chi connectivity index (χ2n) is 4.14. The Labute approximate surface area is 84.9 Å². The van der Waals surface area contributed by atoms with Gasteiger partial charge in [-0.2, -0.15) is 0 Å². The van der Waals surface area contributed by atoms with Gasteiger partial charge in [0.1, 0.15) is 0 Å². The summed E-state index contributed by atoms with van der Waals surface area (Å²) in [5, 5.41) is 6.32. The molecule has 0 unspecified atom stereocenters. The van der Waals surface area contributed by atoms with Crippen LogP contribution in [-0.4, -0.2) is 25.0 Å². The maximum absolute atomic E-state index is 11.7. The van der Waals surface area contributed by atoms with Gasteiger partial charge in [0.15, 0.2) is 0 Å². The first-order valence-corrected chi connectivity index (χ1v) is 5.57. The molecule has 0 spiro atoms. The van der Waals surface area contributed by atoms with Crippen LogP contribution in [0.2, 0.25) is 0 Å². The van der Waals surface area contributed by atoms with Crippen LogP contribution in [0.25, 0.3) is 0 Å². The minimum atomic E-state index is 0.165. The second kappa shape index (κ2) is 4.60. The normalized spacial score (nSPS) is 23.3. The number of nitrogens with one attached hydrogen (secondary N) is 2. The summed E-state index contributed by atoms with van der Waals surface area (Å²) in [5.74, 6) is 0.165. The second-order valence-corrected chi connectivity index (χ2v) is 4.14. The lowest BCUT2D eigenvalue weighted by Crippen LogP contribution is -2.36. The fourth-order valence-corrected chi connectivity index (χ4v) is 2.18. The zero-order valence-corrected chi connectivity index (χ0v) is 8.51. The third-order valence-electron chi connectivity index (χ3n) is 3.05. The Morgan fingerprint density at radius 3 is 2.86 bits per heavy atom. The van der Waals surface area contributed by atoms with E-state index in [0.717, 1.165) is 37.9 Å². The number of carbonyl (C=O) groups is 1. The van der Waals surface area contributed by atoms with Crippen molar-refractivity contribution in [1.29, 1.82) is 0 Å². The van der Waals surface area contributed by atoms with Gasteiger partial charge in [-0.3, -0.25) is 4.79 Å². The van der Waals surface area contributed by atoms with E-state index < -0.39 is 0 Å². The van der Waals surface area contributed by atoms with Gasteiger partial charge in [0, 0.05) is 18.2 Å². The predicted molar refractivity (Wildman–Crippen MR) is 56.0 cm³/mol. The molecule has 1 aliphatic carbocycles. The van der Waals surface area contributed by atoms with E-state index in [2.05, 4.69) is 10.6 Å². The molecule has 78 valence electrons. The van der Waals surface area contributed by atoms with Gasteiger partial charge >= 0.3 is 0 Å². The third-order valence-corrected chi connectivity index (χ3v) is 3.05. The SMILES string of the molecule is O=C(NC1CCCC1)C1=CCNCC1. The van der Waals surface area contributed by atoms with Gasteiger partial charge in [-0.05, 0) is 25.8 Å². The van der Waals surface area contributed by atoms with E-state index >= 15 is 0 Å². The average Bonchev–Trinajstić information content (AvgIpc) is 2.72. The van der Waals surface area contributed by atoms with E-state index in [1.54, 1.807) is 0 Å². The highest BCUT2D eigenvalue weighted by atomic mass is 16.1. The molecule has 1 heterocycles. The van der Waals surface area contributed by atoms with Gasteiger partial charge in [-0.1, -0.05) is 18.9 Å². The molecular formula is C11H18N2O.